The molecule has 0 fully saturated rings. The second-order valence-electron chi connectivity index (χ2n) is 5.28. The van der Waals surface area contributed by atoms with E-state index in [1.165, 1.54) is 16.7 Å². The zero-order valence-corrected chi connectivity index (χ0v) is 12.3. The smallest absolute Gasteiger partial charge is 0.303 e. The van der Waals surface area contributed by atoms with Crippen molar-refractivity contribution in [2.45, 2.75) is 52.4 Å². The Morgan fingerprint density at radius 2 is 2.00 bits per heavy atom. The summed E-state index contributed by atoms with van der Waals surface area (Å²) in [6.07, 6.45) is 2.84. The van der Waals surface area contributed by atoms with Crippen LogP contribution in [0, 0.1) is 6.92 Å². The van der Waals surface area contributed by atoms with Crippen LogP contribution in [0.1, 0.15) is 55.7 Å². The third-order valence-corrected chi connectivity index (χ3v) is 3.40. The van der Waals surface area contributed by atoms with Crippen molar-refractivity contribution in [2.24, 2.45) is 0 Å². The molecule has 0 aromatic heterocycles. The number of hydrogen-bond acceptors (Lipinski definition) is 2. The third kappa shape index (κ3) is 4.58. The summed E-state index contributed by atoms with van der Waals surface area (Å²) in [5.41, 5.74) is 3.74. The van der Waals surface area contributed by atoms with Gasteiger partial charge in [-0.2, -0.15) is 0 Å². The normalized spacial score (nSPS) is 10.8. The van der Waals surface area contributed by atoms with Crippen molar-refractivity contribution < 1.29 is 14.6 Å². The lowest BCUT2D eigenvalue weighted by Crippen LogP contribution is -2.00. The van der Waals surface area contributed by atoms with Gasteiger partial charge in [-0.1, -0.05) is 19.9 Å². The Morgan fingerprint density at radius 1 is 1.32 bits per heavy atom. The van der Waals surface area contributed by atoms with Crippen molar-refractivity contribution in [3.05, 3.63) is 28.8 Å². The molecule has 0 spiro atoms. The molecule has 1 aromatic carbocycles. The molecule has 1 rings (SSSR count). The Bertz CT molecular complexity index is 436. The van der Waals surface area contributed by atoms with Gasteiger partial charge >= 0.3 is 5.97 Å². The topological polar surface area (TPSA) is 46.5 Å². The molecule has 0 saturated heterocycles. The Kier molecular flexibility index (Phi) is 5.87. The summed E-state index contributed by atoms with van der Waals surface area (Å²) in [5.74, 6) is 0.657. The van der Waals surface area contributed by atoms with Crippen molar-refractivity contribution in [1.29, 1.82) is 0 Å². The van der Waals surface area contributed by atoms with Crippen molar-refractivity contribution in [1.82, 2.24) is 0 Å². The second kappa shape index (κ2) is 7.17. The molecule has 0 radical (unpaired) electrons. The molecule has 3 nitrogen and oxygen atoms in total. The highest BCUT2D eigenvalue weighted by Gasteiger charge is 2.11. The fourth-order valence-corrected chi connectivity index (χ4v) is 2.23. The Labute approximate surface area is 115 Å². The average molecular weight is 264 g/mol. The summed E-state index contributed by atoms with van der Waals surface area (Å²) in [6, 6.07) is 4.29. The van der Waals surface area contributed by atoms with Gasteiger partial charge < -0.3 is 9.84 Å². The zero-order chi connectivity index (χ0) is 14.4. The highest BCUT2D eigenvalue weighted by Crippen LogP contribution is 2.30. The number of carboxylic acid groups (broad SMARTS) is 1. The summed E-state index contributed by atoms with van der Waals surface area (Å²) < 4.78 is 5.42. The molecule has 0 atom stereocenters. The highest BCUT2D eigenvalue weighted by molar-refractivity contribution is 5.66. The minimum Gasteiger partial charge on any atom is -0.496 e. The molecule has 0 aliphatic rings. The molecule has 0 amide bonds. The van der Waals surface area contributed by atoms with Crippen LogP contribution in [0.15, 0.2) is 12.1 Å². The number of aliphatic carboxylic acids is 1. The summed E-state index contributed by atoms with van der Waals surface area (Å²) in [7, 11) is 1.70. The third-order valence-electron chi connectivity index (χ3n) is 3.40. The van der Waals surface area contributed by atoms with E-state index < -0.39 is 5.97 Å². The Hall–Kier alpha value is -1.51. The van der Waals surface area contributed by atoms with E-state index in [-0.39, 0.29) is 6.42 Å². The van der Waals surface area contributed by atoms with Crippen molar-refractivity contribution in [3.63, 3.8) is 0 Å². The molecule has 0 heterocycles. The maximum Gasteiger partial charge on any atom is 0.303 e. The fraction of sp³-hybridized carbons (Fsp3) is 0.562. The van der Waals surface area contributed by atoms with Gasteiger partial charge in [0.05, 0.1) is 7.11 Å². The largest absolute Gasteiger partial charge is 0.496 e. The van der Waals surface area contributed by atoms with Gasteiger partial charge in [0.25, 0.3) is 0 Å². The number of methoxy groups -OCH3 is 1. The molecule has 1 N–H and O–H groups in total. The van der Waals surface area contributed by atoms with E-state index in [1.807, 2.05) is 0 Å². The number of aryl methyl sites for hydroxylation is 2. The number of carbonyl (C=O) groups is 1. The lowest BCUT2D eigenvalue weighted by molar-refractivity contribution is -0.137. The number of ether oxygens (including phenoxy) is 1. The maximum atomic E-state index is 10.5. The van der Waals surface area contributed by atoms with Crippen LogP contribution in [0.3, 0.4) is 0 Å². The van der Waals surface area contributed by atoms with E-state index in [0.29, 0.717) is 5.92 Å². The van der Waals surface area contributed by atoms with Crippen LogP contribution < -0.4 is 4.74 Å². The summed E-state index contributed by atoms with van der Waals surface area (Å²) in [4.78, 5) is 10.5. The van der Waals surface area contributed by atoms with Crippen molar-refractivity contribution >= 4 is 5.97 Å². The zero-order valence-electron chi connectivity index (χ0n) is 12.3. The van der Waals surface area contributed by atoms with E-state index in [9.17, 15) is 4.79 Å². The van der Waals surface area contributed by atoms with Crippen molar-refractivity contribution in [2.75, 3.05) is 7.11 Å². The van der Waals surface area contributed by atoms with Crippen LogP contribution in [-0.4, -0.2) is 18.2 Å². The van der Waals surface area contributed by atoms with Crippen LogP contribution in [0.2, 0.25) is 0 Å². The fourth-order valence-electron chi connectivity index (χ4n) is 2.23. The lowest BCUT2D eigenvalue weighted by Gasteiger charge is -2.16. The summed E-state index contributed by atoms with van der Waals surface area (Å²) in [6.45, 7) is 6.39. The first-order chi connectivity index (χ1) is 8.95. The standard InChI is InChI=1S/C16H24O3/c1-11(2)14-10-13(7-5-6-8-16(17)18)12(3)9-15(14)19-4/h9-11H,5-8H2,1-4H3,(H,17,18). The average Bonchev–Trinajstić information content (AvgIpc) is 2.34. The predicted octanol–water partition coefficient (Wildman–Crippen LogP) is 3.92. The number of rotatable bonds is 7. The minimum absolute atomic E-state index is 0.256. The molecule has 3 heteroatoms. The first kappa shape index (κ1) is 15.5. The Balaban J connectivity index is 2.77. The van der Waals surface area contributed by atoms with Gasteiger partial charge in [0.15, 0.2) is 0 Å². The van der Waals surface area contributed by atoms with Crippen LogP contribution >= 0.6 is 0 Å². The molecule has 0 saturated carbocycles. The lowest BCUT2D eigenvalue weighted by atomic mass is 9.94. The van der Waals surface area contributed by atoms with Gasteiger partial charge in [-0.15, -0.1) is 0 Å². The molecule has 0 aliphatic carbocycles. The molecule has 106 valence electrons. The van der Waals surface area contributed by atoms with E-state index in [2.05, 4.69) is 32.9 Å². The van der Waals surface area contributed by atoms with E-state index in [1.54, 1.807) is 7.11 Å². The SMILES string of the molecule is COc1cc(C)c(CCCCC(=O)O)cc1C(C)C. The van der Waals surface area contributed by atoms with Crippen LogP contribution in [0.4, 0.5) is 0 Å². The first-order valence-electron chi connectivity index (χ1n) is 6.85. The quantitative estimate of drug-likeness (QED) is 0.759. The summed E-state index contributed by atoms with van der Waals surface area (Å²) in [5, 5.41) is 8.63. The first-order valence-corrected chi connectivity index (χ1v) is 6.85. The number of benzene rings is 1. The van der Waals surface area contributed by atoms with E-state index in [0.717, 1.165) is 25.0 Å². The number of unbranched alkanes of at least 4 members (excludes halogenated alkanes) is 1. The van der Waals surface area contributed by atoms with Crippen LogP contribution in [-0.2, 0) is 11.2 Å². The van der Waals surface area contributed by atoms with Gasteiger partial charge in [-0.05, 0) is 54.9 Å². The molecule has 0 aliphatic heterocycles. The molecule has 19 heavy (non-hydrogen) atoms. The van der Waals surface area contributed by atoms with Gasteiger partial charge in [0.2, 0.25) is 0 Å². The van der Waals surface area contributed by atoms with Gasteiger partial charge in [-0.3, -0.25) is 4.79 Å². The van der Waals surface area contributed by atoms with Gasteiger partial charge in [0, 0.05) is 6.42 Å². The van der Waals surface area contributed by atoms with Gasteiger partial charge in [0.1, 0.15) is 5.75 Å². The Morgan fingerprint density at radius 3 is 2.53 bits per heavy atom. The number of hydrogen-bond donors (Lipinski definition) is 1. The molecule has 0 bridgehead atoms. The number of carboxylic acids is 1. The molecule has 1 aromatic rings. The monoisotopic (exact) mass is 264 g/mol. The van der Waals surface area contributed by atoms with Crippen molar-refractivity contribution in [3.8, 4) is 5.75 Å². The minimum atomic E-state index is -0.714. The predicted molar refractivity (Wildman–Crippen MR) is 77.0 cm³/mol. The maximum absolute atomic E-state index is 10.5. The van der Waals surface area contributed by atoms with Gasteiger partial charge in [-0.25, -0.2) is 0 Å². The second-order valence-corrected chi connectivity index (χ2v) is 5.28. The summed E-state index contributed by atoms with van der Waals surface area (Å²) >= 11 is 0. The van der Waals surface area contributed by atoms with E-state index in [4.69, 9.17) is 9.84 Å². The highest BCUT2D eigenvalue weighted by atomic mass is 16.5. The van der Waals surface area contributed by atoms with E-state index >= 15 is 0 Å². The van der Waals surface area contributed by atoms with Crippen LogP contribution in [0.5, 0.6) is 5.75 Å². The molecule has 0 unspecified atom stereocenters. The molecular weight excluding hydrogens is 240 g/mol. The van der Waals surface area contributed by atoms with Crippen LogP contribution in [0.25, 0.3) is 0 Å². The molecular formula is C16H24O3.